The van der Waals surface area contributed by atoms with Crippen molar-refractivity contribution in [3.63, 3.8) is 0 Å². The first-order valence-corrected chi connectivity index (χ1v) is 7.07. The largest absolute Gasteiger partial charge is 0.380 e. The molecule has 0 aromatic heterocycles. The van der Waals surface area contributed by atoms with Crippen molar-refractivity contribution in [2.24, 2.45) is 0 Å². The molecule has 0 aliphatic carbocycles. The summed E-state index contributed by atoms with van der Waals surface area (Å²) in [6.45, 7) is 7.46. The van der Waals surface area contributed by atoms with Gasteiger partial charge in [0.2, 0.25) is 0 Å². The first-order chi connectivity index (χ1) is 8.47. The minimum atomic E-state index is 0.0859. The van der Waals surface area contributed by atoms with E-state index >= 15 is 0 Å². The molecule has 0 spiro atoms. The normalized spacial score (nSPS) is 14.6. The van der Waals surface area contributed by atoms with Gasteiger partial charge in [-0.05, 0) is 32.4 Å². The van der Waals surface area contributed by atoms with Crippen LogP contribution in [0, 0.1) is 0 Å². The minimum Gasteiger partial charge on any atom is -0.380 e. The number of hydrogen-bond acceptors (Lipinski definition) is 2. The molecule has 1 N–H and O–H groups in total. The summed E-state index contributed by atoms with van der Waals surface area (Å²) in [4.78, 5) is 0. The third-order valence-corrected chi connectivity index (χ3v) is 3.95. The molecule has 18 heavy (non-hydrogen) atoms. The molecule has 0 fully saturated rings. The van der Waals surface area contributed by atoms with Gasteiger partial charge in [0, 0.05) is 18.7 Å². The zero-order valence-corrected chi connectivity index (χ0v) is 13.0. The van der Waals surface area contributed by atoms with Crippen LogP contribution in [-0.4, -0.2) is 19.3 Å². The Bertz CT molecular complexity index is 398. The molecule has 5 heteroatoms. The number of ether oxygens (including phenoxy) is 1. The summed E-state index contributed by atoms with van der Waals surface area (Å²) in [6, 6.07) is 3.98. The maximum Gasteiger partial charge on any atom is 0.0781 e. The predicted octanol–water partition coefficient (Wildman–Crippen LogP) is 4.72. The van der Waals surface area contributed by atoms with E-state index in [1.54, 1.807) is 6.07 Å². The van der Waals surface area contributed by atoms with Crippen molar-refractivity contribution in [2.75, 3.05) is 13.2 Å². The molecule has 1 aromatic carbocycles. The van der Waals surface area contributed by atoms with Gasteiger partial charge in [-0.3, -0.25) is 0 Å². The van der Waals surface area contributed by atoms with Crippen LogP contribution >= 0.6 is 34.8 Å². The maximum absolute atomic E-state index is 6.19. The Morgan fingerprint density at radius 3 is 2.44 bits per heavy atom. The third-order valence-electron chi connectivity index (χ3n) is 2.64. The molecule has 102 valence electrons. The van der Waals surface area contributed by atoms with Crippen molar-refractivity contribution in [3.8, 4) is 0 Å². The zero-order chi connectivity index (χ0) is 13.7. The molecule has 0 aliphatic rings. The Balaban J connectivity index is 2.72. The molecule has 0 amide bonds. The van der Waals surface area contributed by atoms with Gasteiger partial charge in [0.05, 0.1) is 21.7 Å². The zero-order valence-electron chi connectivity index (χ0n) is 10.8. The van der Waals surface area contributed by atoms with Crippen LogP contribution in [0.1, 0.15) is 32.4 Å². The van der Waals surface area contributed by atoms with Gasteiger partial charge in [-0.15, -0.1) is 0 Å². The highest BCUT2D eigenvalue weighted by Gasteiger charge is 2.15. The molecule has 1 aromatic rings. The van der Waals surface area contributed by atoms with Gasteiger partial charge in [-0.1, -0.05) is 40.9 Å². The van der Waals surface area contributed by atoms with Crippen molar-refractivity contribution >= 4 is 34.8 Å². The molecule has 0 aliphatic heterocycles. The number of halogens is 3. The lowest BCUT2D eigenvalue weighted by molar-refractivity contribution is 0.124. The number of hydrogen-bond donors (Lipinski definition) is 1. The summed E-state index contributed by atoms with van der Waals surface area (Å²) >= 11 is 18.1. The number of rotatable bonds is 6. The SMILES string of the molecule is CCOCC(C)NC(C)c1ccc(Cl)c(Cl)c1Cl. The van der Waals surface area contributed by atoms with Crippen molar-refractivity contribution in [2.45, 2.75) is 32.9 Å². The lowest BCUT2D eigenvalue weighted by atomic mass is 10.1. The molecule has 1 rings (SSSR count). The van der Waals surface area contributed by atoms with Crippen LogP contribution in [-0.2, 0) is 4.74 Å². The summed E-state index contributed by atoms with van der Waals surface area (Å²) in [5.41, 5.74) is 0.939. The molecule has 0 saturated heterocycles. The fourth-order valence-electron chi connectivity index (χ4n) is 1.73. The Kier molecular flexibility index (Phi) is 6.75. The average Bonchev–Trinajstić information content (AvgIpc) is 2.33. The van der Waals surface area contributed by atoms with E-state index < -0.39 is 0 Å². The van der Waals surface area contributed by atoms with Crippen molar-refractivity contribution < 1.29 is 4.74 Å². The second kappa shape index (κ2) is 7.56. The maximum atomic E-state index is 6.19. The second-order valence-electron chi connectivity index (χ2n) is 4.21. The monoisotopic (exact) mass is 309 g/mol. The number of benzene rings is 1. The van der Waals surface area contributed by atoms with E-state index in [4.69, 9.17) is 39.5 Å². The fraction of sp³-hybridized carbons (Fsp3) is 0.538. The number of nitrogens with one attached hydrogen (secondary N) is 1. The second-order valence-corrected chi connectivity index (χ2v) is 5.38. The Hall–Kier alpha value is 0.01000. The van der Waals surface area contributed by atoms with E-state index in [0.29, 0.717) is 28.3 Å². The summed E-state index contributed by atoms with van der Waals surface area (Å²) in [5.74, 6) is 0. The molecule has 0 radical (unpaired) electrons. The standard InChI is InChI=1S/C13H18Cl3NO/c1-4-18-7-8(2)17-9(3)10-5-6-11(14)13(16)12(10)15/h5-6,8-9,17H,4,7H2,1-3H3. The Morgan fingerprint density at radius 2 is 1.83 bits per heavy atom. The predicted molar refractivity (Wildman–Crippen MR) is 79.0 cm³/mol. The molecule has 2 unspecified atom stereocenters. The quantitative estimate of drug-likeness (QED) is 0.767. The highest BCUT2D eigenvalue weighted by atomic mass is 35.5. The van der Waals surface area contributed by atoms with Gasteiger partial charge in [0.25, 0.3) is 0 Å². The Morgan fingerprint density at radius 1 is 1.17 bits per heavy atom. The topological polar surface area (TPSA) is 21.3 Å². The van der Waals surface area contributed by atoms with Gasteiger partial charge >= 0.3 is 0 Å². The van der Waals surface area contributed by atoms with Crippen molar-refractivity contribution in [3.05, 3.63) is 32.8 Å². The molecule has 0 saturated carbocycles. The van der Waals surface area contributed by atoms with Gasteiger partial charge in [-0.2, -0.15) is 0 Å². The van der Waals surface area contributed by atoms with Gasteiger partial charge in [0.15, 0.2) is 0 Å². The molecule has 0 heterocycles. The first kappa shape index (κ1) is 16.1. The van der Waals surface area contributed by atoms with Crippen LogP contribution in [0.5, 0.6) is 0 Å². The van der Waals surface area contributed by atoms with Gasteiger partial charge in [-0.25, -0.2) is 0 Å². The van der Waals surface area contributed by atoms with Gasteiger partial charge < -0.3 is 10.1 Å². The van der Waals surface area contributed by atoms with Crippen LogP contribution in [0.15, 0.2) is 12.1 Å². The molecular formula is C13H18Cl3NO. The van der Waals surface area contributed by atoms with E-state index in [2.05, 4.69) is 12.2 Å². The highest BCUT2D eigenvalue weighted by Crippen LogP contribution is 2.35. The summed E-state index contributed by atoms with van der Waals surface area (Å²) < 4.78 is 5.36. The van der Waals surface area contributed by atoms with Crippen molar-refractivity contribution in [1.82, 2.24) is 5.32 Å². The van der Waals surface area contributed by atoms with E-state index in [1.165, 1.54) is 0 Å². The van der Waals surface area contributed by atoms with E-state index in [-0.39, 0.29) is 12.1 Å². The first-order valence-electron chi connectivity index (χ1n) is 5.94. The lowest BCUT2D eigenvalue weighted by Gasteiger charge is -2.21. The van der Waals surface area contributed by atoms with Gasteiger partial charge in [0.1, 0.15) is 0 Å². The smallest absolute Gasteiger partial charge is 0.0781 e. The minimum absolute atomic E-state index is 0.0859. The van der Waals surface area contributed by atoms with Crippen LogP contribution in [0.3, 0.4) is 0 Å². The molecule has 2 atom stereocenters. The fourth-order valence-corrected chi connectivity index (χ4v) is 2.44. The molecule has 0 bridgehead atoms. The highest BCUT2D eigenvalue weighted by molar-refractivity contribution is 6.48. The summed E-state index contributed by atoms with van der Waals surface area (Å²) in [6.07, 6.45) is 0. The van der Waals surface area contributed by atoms with Crippen molar-refractivity contribution in [1.29, 1.82) is 0 Å². The van der Waals surface area contributed by atoms with Crippen LogP contribution in [0.4, 0.5) is 0 Å². The van der Waals surface area contributed by atoms with Crippen LogP contribution < -0.4 is 5.32 Å². The molecular weight excluding hydrogens is 293 g/mol. The van der Waals surface area contributed by atoms with Crippen LogP contribution in [0.2, 0.25) is 15.1 Å². The summed E-state index contributed by atoms with van der Waals surface area (Å²) in [7, 11) is 0. The van der Waals surface area contributed by atoms with E-state index in [9.17, 15) is 0 Å². The Labute approximate surface area is 124 Å². The average molecular weight is 311 g/mol. The lowest BCUT2D eigenvalue weighted by Crippen LogP contribution is -2.33. The van der Waals surface area contributed by atoms with Crippen LogP contribution in [0.25, 0.3) is 0 Å². The van der Waals surface area contributed by atoms with E-state index in [0.717, 1.165) is 5.56 Å². The van der Waals surface area contributed by atoms with E-state index in [1.807, 2.05) is 19.9 Å². The third kappa shape index (κ3) is 4.29. The molecule has 2 nitrogen and oxygen atoms in total. The summed E-state index contributed by atoms with van der Waals surface area (Å²) in [5, 5.41) is 4.79.